The summed E-state index contributed by atoms with van der Waals surface area (Å²) >= 11 is 0. The molecule has 3 heteroatoms. The molecule has 2 atom stereocenters. The zero-order chi connectivity index (χ0) is 12.3. The Morgan fingerprint density at radius 2 is 2.00 bits per heavy atom. The first kappa shape index (κ1) is 12.6. The van der Waals surface area contributed by atoms with Gasteiger partial charge in [0.15, 0.2) is 0 Å². The van der Waals surface area contributed by atoms with E-state index in [9.17, 15) is 0 Å². The van der Waals surface area contributed by atoms with E-state index in [1.807, 2.05) is 17.9 Å². The van der Waals surface area contributed by atoms with Crippen molar-refractivity contribution < 1.29 is 0 Å². The highest BCUT2D eigenvalue weighted by Crippen LogP contribution is 2.28. The van der Waals surface area contributed by atoms with Crippen molar-refractivity contribution in [1.82, 2.24) is 15.1 Å². The van der Waals surface area contributed by atoms with Crippen LogP contribution in [-0.4, -0.2) is 22.4 Å². The number of hydrogen-bond donors (Lipinski definition) is 1. The Labute approximate surface area is 105 Å². The molecule has 0 aromatic carbocycles. The Morgan fingerprint density at radius 1 is 1.29 bits per heavy atom. The lowest BCUT2D eigenvalue weighted by Gasteiger charge is -2.32. The lowest BCUT2D eigenvalue weighted by molar-refractivity contribution is 0.240. The number of aryl methyl sites for hydroxylation is 1. The Balaban J connectivity index is 1.71. The molecule has 0 bridgehead atoms. The van der Waals surface area contributed by atoms with Crippen LogP contribution >= 0.6 is 0 Å². The monoisotopic (exact) mass is 235 g/mol. The first-order valence-corrected chi connectivity index (χ1v) is 6.84. The molecule has 2 rings (SSSR count). The Bertz CT molecular complexity index is 335. The summed E-state index contributed by atoms with van der Waals surface area (Å²) in [5.74, 6) is 1.77. The van der Waals surface area contributed by atoms with Crippen LogP contribution in [0.15, 0.2) is 12.4 Å². The average molecular weight is 235 g/mol. The molecule has 1 N–H and O–H groups in total. The molecule has 3 nitrogen and oxygen atoms in total. The summed E-state index contributed by atoms with van der Waals surface area (Å²) in [6.07, 6.45) is 9.25. The highest BCUT2D eigenvalue weighted by Gasteiger charge is 2.23. The van der Waals surface area contributed by atoms with Crippen molar-refractivity contribution in [3.05, 3.63) is 18.0 Å². The second-order valence-corrected chi connectivity index (χ2v) is 5.84. The van der Waals surface area contributed by atoms with Gasteiger partial charge >= 0.3 is 0 Å². The molecule has 1 fully saturated rings. The number of nitrogens with one attached hydrogen (secondary N) is 1. The summed E-state index contributed by atoms with van der Waals surface area (Å²) in [4.78, 5) is 0. The maximum Gasteiger partial charge on any atom is 0.0522 e. The molecule has 1 heterocycles. The Kier molecular flexibility index (Phi) is 4.21. The minimum atomic E-state index is 0.727. The van der Waals surface area contributed by atoms with E-state index in [2.05, 4.69) is 30.5 Å². The third kappa shape index (κ3) is 3.84. The van der Waals surface area contributed by atoms with E-state index in [4.69, 9.17) is 0 Å². The summed E-state index contributed by atoms with van der Waals surface area (Å²) in [5.41, 5.74) is 1.33. The zero-order valence-electron chi connectivity index (χ0n) is 11.3. The van der Waals surface area contributed by atoms with Gasteiger partial charge in [0.25, 0.3) is 0 Å². The highest BCUT2D eigenvalue weighted by atomic mass is 15.2. The Hall–Kier alpha value is -0.830. The van der Waals surface area contributed by atoms with Crippen molar-refractivity contribution in [2.45, 2.75) is 45.6 Å². The minimum Gasteiger partial charge on any atom is -0.314 e. The van der Waals surface area contributed by atoms with Crippen molar-refractivity contribution in [3.63, 3.8) is 0 Å². The molecule has 0 radical (unpaired) electrons. The van der Waals surface area contributed by atoms with E-state index in [0.717, 1.165) is 30.8 Å². The van der Waals surface area contributed by atoms with Gasteiger partial charge in [-0.2, -0.15) is 5.10 Å². The van der Waals surface area contributed by atoms with Gasteiger partial charge in [0.2, 0.25) is 0 Å². The molecular formula is C14H25N3. The van der Waals surface area contributed by atoms with Crippen molar-refractivity contribution in [2.75, 3.05) is 6.54 Å². The fourth-order valence-electron chi connectivity index (χ4n) is 3.14. The normalized spacial score (nSPS) is 29.5. The van der Waals surface area contributed by atoms with Crippen LogP contribution in [0.5, 0.6) is 0 Å². The number of rotatable bonds is 4. The second-order valence-electron chi connectivity index (χ2n) is 5.84. The average Bonchev–Trinajstić information content (AvgIpc) is 2.63. The highest BCUT2D eigenvalue weighted by molar-refractivity contribution is 5.04. The third-order valence-corrected chi connectivity index (χ3v) is 3.78. The van der Waals surface area contributed by atoms with Crippen LogP contribution in [0.25, 0.3) is 0 Å². The van der Waals surface area contributed by atoms with Crippen molar-refractivity contribution in [2.24, 2.45) is 18.9 Å². The van der Waals surface area contributed by atoms with Crippen LogP contribution in [0.4, 0.5) is 0 Å². The second kappa shape index (κ2) is 5.67. The van der Waals surface area contributed by atoms with Crippen molar-refractivity contribution in [3.8, 4) is 0 Å². The van der Waals surface area contributed by atoms with Crippen LogP contribution < -0.4 is 5.32 Å². The molecule has 1 aliphatic rings. The standard InChI is InChI=1S/C14H25N3/c1-11-6-12(2)8-14(7-11)15-5-4-13-9-16-17(3)10-13/h9-12,14-15H,4-8H2,1-3H3. The maximum absolute atomic E-state index is 4.20. The van der Waals surface area contributed by atoms with E-state index < -0.39 is 0 Å². The van der Waals surface area contributed by atoms with Gasteiger partial charge in [0, 0.05) is 19.3 Å². The van der Waals surface area contributed by atoms with Gasteiger partial charge in [-0.1, -0.05) is 13.8 Å². The number of hydrogen-bond acceptors (Lipinski definition) is 2. The van der Waals surface area contributed by atoms with E-state index in [1.54, 1.807) is 0 Å². The zero-order valence-corrected chi connectivity index (χ0v) is 11.3. The lowest BCUT2D eigenvalue weighted by Crippen LogP contribution is -2.37. The summed E-state index contributed by atoms with van der Waals surface area (Å²) in [5, 5.41) is 7.90. The summed E-state index contributed by atoms with van der Waals surface area (Å²) in [6.45, 7) is 5.84. The van der Waals surface area contributed by atoms with Gasteiger partial charge in [0.05, 0.1) is 6.20 Å². The van der Waals surface area contributed by atoms with Gasteiger partial charge < -0.3 is 5.32 Å². The maximum atomic E-state index is 4.20. The first-order chi connectivity index (χ1) is 8.13. The van der Waals surface area contributed by atoms with Gasteiger partial charge in [-0.15, -0.1) is 0 Å². The molecule has 1 aromatic rings. The van der Waals surface area contributed by atoms with Crippen molar-refractivity contribution >= 4 is 0 Å². The lowest BCUT2D eigenvalue weighted by atomic mass is 9.80. The fourth-order valence-corrected chi connectivity index (χ4v) is 3.14. The molecule has 0 saturated heterocycles. The third-order valence-electron chi connectivity index (χ3n) is 3.78. The summed E-state index contributed by atoms with van der Waals surface area (Å²) < 4.78 is 1.88. The molecule has 1 aliphatic carbocycles. The summed E-state index contributed by atoms with van der Waals surface area (Å²) in [7, 11) is 1.97. The van der Waals surface area contributed by atoms with E-state index >= 15 is 0 Å². The molecule has 0 amide bonds. The van der Waals surface area contributed by atoms with Gasteiger partial charge in [-0.25, -0.2) is 0 Å². The quantitative estimate of drug-likeness (QED) is 0.868. The Morgan fingerprint density at radius 3 is 2.59 bits per heavy atom. The van der Waals surface area contributed by atoms with Gasteiger partial charge in [-0.3, -0.25) is 4.68 Å². The first-order valence-electron chi connectivity index (χ1n) is 6.84. The van der Waals surface area contributed by atoms with Crippen LogP contribution in [0.2, 0.25) is 0 Å². The largest absolute Gasteiger partial charge is 0.314 e. The predicted molar refractivity (Wildman–Crippen MR) is 70.9 cm³/mol. The topological polar surface area (TPSA) is 29.9 Å². The molecule has 0 aliphatic heterocycles. The number of aromatic nitrogens is 2. The molecular weight excluding hydrogens is 210 g/mol. The molecule has 96 valence electrons. The summed E-state index contributed by atoms with van der Waals surface area (Å²) in [6, 6.07) is 0.727. The van der Waals surface area contributed by atoms with Gasteiger partial charge in [0.1, 0.15) is 0 Å². The van der Waals surface area contributed by atoms with E-state index in [1.165, 1.54) is 24.8 Å². The van der Waals surface area contributed by atoms with Gasteiger partial charge in [-0.05, 0) is 49.6 Å². The SMILES string of the molecule is CC1CC(C)CC(NCCc2cnn(C)c2)C1. The van der Waals surface area contributed by atoms with E-state index in [0.29, 0.717) is 0 Å². The van der Waals surface area contributed by atoms with Crippen LogP contribution in [0.1, 0.15) is 38.7 Å². The molecule has 17 heavy (non-hydrogen) atoms. The predicted octanol–water partition coefficient (Wildman–Crippen LogP) is 2.38. The molecule has 0 spiro atoms. The smallest absolute Gasteiger partial charge is 0.0522 e. The minimum absolute atomic E-state index is 0.727. The van der Waals surface area contributed by atoms with Crippen LogP contribution in [-0.2, 0) is 13.5 Å². The molecule has 2 unspecified atom stereocenters. The fraction of sp³-hybridized carbons (Fsp3) is 0.786. The molecule has 1 aromatic heterocycles. The molecule has 1 saturated carbocycles. The van der Waals surface area contributed by atoms with Crippen molar-refractivity contribution in [1.29, 1.82) is 0 Å². The van der Waals surface area contributed by atoms with Crippen LogP contribution in [0.3, 0.4) is 0 Å². The van der Waals surface area contributed by atoms with E-state index in [-0.39, 0.29) is 0 Å². The van der Waals surface area contributed by atoms with Crippen LogP contribution in [0, 0.1) is 11.8 Å². The number of nitrogens with zero attached hydrogens (tertiary/aromatic N) is 2.